The first kappa shape index (κ1) is 8.74. The highest BCUT2D eigenvalue weighted by Gasteiger charge is 2.17. The van der Waals surface area contributed by atoms with Gasteiger partial charge in [-0.15, -0.1) is 0 Å². The first-order chi connectivity index (χ1) is 5.61. The Morgan fingerprint density at radius 2 is 2.42 bits per heavy atom. The van der Waals surface area contributed by atoms with Gasteiger partial charge in [0.25, 0.3) is 0 Å². The fraction of sp³-hybridized carbons (Fsp3) is 0.333. The molecule has 0 aliphatic carbocycles. The molecular weight excluding hydrogens is 178 g/mol. The molecule has 0 saturated heterocycles. The fourth-order valence-electron chi connectivity index (χ4n) is 0.746. The molecule has 0 unspecified atom stereocenters. The van der Waals surface area contributed by atoms with Crippen molar-refractivity contribution in [3.8, 4) is 6.07 Å². The Kier molecular flexibility index (Phi) is 2.15. The highest BCUT2D eigenvalue weighted by Crippen LogP contribution is 2.12. The van der Waals surface area contributed by atoms with E-state index in [1.165, 1.54) is 6.92 Å². The largest absolute Gasteiger partial charge is 0.267 e. The Labute approximate surface area is 69.9 Å². The van der Waals surface area contributed by atoms with Crippen LogP contribution in [-0.4, -0.2) is 24.4 Å². The predicted molar refractivity (Wildman–Crippen MR) is 41.0 cm³/mol. The zero-order valence-electron chi connectivity index (χ0n) is 6.40. The summed E-state index contributed by atoms with van der Waals surface area (Å²) in [5, 5.41) is 14.3. The number of aromatic amines is 1. The number of hydrogen-bond acceptors (Lipinski definition) is 4. The zero-order valence-corrected chi connectivity index (χ0v) is 7.22. The lowest BCUT2D eigenvalue weighted by Crippen LogP contribution is -2.04. The summed E-state index contributed by atoms with van der Waals surface area (Å²) in [7, 11) is -3.31. The van der Waals surface area contributed by atoms with Crippen molar-refractivity contribution < 1.29 is 8.42 Å². The summed E-state index contributed by atoms with van der Waals surface area (Å²) >= 11 is 0. The molecule has 6 heteroatoms. The molecule has 0 fully saturated rings. The van der Waals surface area contributed by atoms with Crippen LogP contribution in [0.1, 0.15) is 12.6 Å². The fourth-order valence-corrected chi connectivity index (χ4v) is 1.67. The van der Waals surface area contributed by atoms with Gasteiger partial charge in [0.15, 0.2) is 15.5 Å². The van der Waals surface area contributed by atoms with E-state index in [0.29, 0.717) is 0 Å². The molecule has 1 aromatic heterocycles. The average Bonchev–Trinajstić information content (AvgIpc) is 2.52. The van der Waals surface area contributed by atoms with Gasteiger partial charge in [-0.25, -0.2) is 8.42 Å². The Morgan fingerprint density at radius 3 is 2.92 bits per heavy atom. The third kappa shape index (κ3) is 1.31. The second kappa shape index (κ2) is 2.95. The quantitative estimate of drug-likeness (QED) is 0.706. The standard InChI is InChI=1S/C6H7N3O2S/c1-2-12(10,11)6-4-8-9-5(6)3-7/h4H,2H2,1H3,(H,8,9). The third-order valence-electron chi connectivity index (χ3n) is 1.43. The minimum atomic E-state index is -3.31. The topological polar surface area (TPSA) is 86.6 Å². The molecule has 1 rings (SSSR count). The minimum Gasteiger partial charge on any atom is -0.267 e. The Bertz CT molecular complexity index is 412. The lowest BCUT2D eigenvalue weighted by atomic mass is 10.5. The normalized spacial score (nSPS) is 11.0. The molecular formula is C6H7N3O2S. The number of hydrogen-bond donors (Lipinski definition) is 1. The SMILES string of the molecule is CCS(=O)(=O)c1cn[nH]c1C#N. The van der Waals surface area contributed by atoms with Crippen LogP contribution in [0.2, 0.25) is 0 Å². The molecule has 0 spiro atoms. The molecule has 5 nitrogen and oxygen atoms in total. The molecule has 0 aliphatic heterocycles. The Morgan fingerprint density at radius 1 is 1.75 bits per heavy atom. The van der Waals surface area contributed by atoms with Crippen molar-refractivity contribution in [2.24, 2.45) is 0 Å². The third-order valence-corrected chi connectivity index (χ3v) is 3.17. The van der Waals surface area contributed by atoms with E-state index in [4.69, 9.17) is 5.26 Å². The van der Waals surface area contributed by atoms with Crippen LogP contribution in [0.5, 0.6) is 0 Å². The van der Waals surface area contributed by atoms with Crippen LogP contribution < -0.4 is 0 Å². The number of aromatic nitrogens is 2. The molecule has 64 valence electrons. The van der Waals surface area contributed by atoms with Crippen molar-refractivity contribution in [2.75, 3.05) is 5.75 Å². The van der Waals surface area contributed by atoms with Crippen molar-refractivity contribution in [3.05, 3.63) is 11.9 Å². The maximum absolute atomic E-state index is 11.2. The van der Waals surface area contributed by atoms with Crippen molar-refractivity contribution in [1.29, 1.82) is 5.26 Å². The smallest absolute Gasteiger partial charge is 0.182 e. The van der Waals surface area contributed by atoms with Gasteiger partial charge in [-0.3, -0.25) is 5.10 Å². The van der Waals surface area contributed by atoms with Crippen LogP contribution >= 0.6 is 0 Å². The maximum atomic E-state index is 11.2. The van der Waals surface area contributed by atoms with Gasteiger partial charge in [0, 0.05) is 0 Å². The van der Waals surface area contributed by atoms with E-state index in [0.717, 1.165) is 6.20 Å². The average molecular weight is 185 g/mol. The van der Waals surface area contributed by atoms with Gasteiger partial charge in [0.2, 0.25) is 0 Å². The highest BCUT2D eigenvalue weighted by molar-refractivity contribution is 7.91. The molecule has 1 heterocycles. The Balaban J connectivity index is 3.31. The summed E-state index contributed by atoms with van der Waals surface area (Å²) in [6, 6.07) is 1.72. The number of nitriles is 1. The maximum Gasteiger partial charge on any atom is 0.182 e. The molecule has 12 heavy (non-hydrogen) atoms. The monoisotopic (exact) mass is 185 g/mol. The van der Waals surface area contributed by atoms with Crippen LogP contribution in [0.25, 0.3) is 0 Å². The first-order valence-corrected chi connectivity index (χ1v) is 4.93. The number of H-pyrrole nitrogens is 1. The summed E-state index contributed by atoms with van der Waals surface area (Å²) in [5.74, 6) is -0.0266. The lowest BCUT2D eigenvalue weighted by molar-refractivity contribution is 0.597. The van der Waals surface area contributed by atoms with E-state index in [9.17, 15) is 8.42 Å². The van der Waals surface area contributed by atoms with Gasteiger partial charge in [0.1, 0.15) is 11.0 Å². The molecule has 1 aromatic rings. The number of rotatable bonds is 2. The molecule has 1 N–H and O–H groups in total. The van der Waals surface area contributed by atoms with Gasteiger partial charge in [-0.2, -0.15) is 10.4 Å². The Hall–Kier alpha value is -1.35. The van der Waals surface area contributed by atoms with E-state index < -0.39 is 9.84 Å². The number of sulfone groups is 1. The van der Waals surface area contributed by atoms with Crippen LogP contribution in [0, 0.1) is 11.3 Å². The number of nitrogens with zero attached hydrogens (tertiary/aromatic N) is 2. The minimum absolute atomic E-state index is 0.00292. The van der Waals surface area contributed by atoms with Crippen molar-refractivity contribution in [2.45, 2.75) is 11.8 Å². The summed E-state index contributed by atoms with van der Waals surface area (Å²) in [6.07, 6.45) is 1.15. The molecule has 0 amide bonds. The van der Waals surface area contributed by atoms with Crippen molar-refractivity contribution >= 4 is 9.84 Å². The van der Waals surface area contributed by atoms with E-state index >= 15 is 0 Å². The molecule has 0 aliphatic rings. The predicted octanol–water partition coefficient (Wildman–Crippen LogP) is 0.0750. The van der Waals surface area contributed by atoms with Crippen LogP contribution in [0.4, 0.5) is 0 Å². The highest BCUT2D eigenvalue weighted by atomic mass is 32.2. The van der Waals surface area contributed by atoms with Gasteiger partial charge >= 0.3 is 0 Å². The first-order valence-electron chi connectivity index (χ1n) is 3.28. The van der Waals surface area contributed by atoms with Crippen LogP contribution in [0.15, 0.2) is 11.1 Å². The van der Waals surface area contributed by atoms with E-state index in [1.54, 1.807) is 6.07 Å². The molecule has 0 atom stereocenters. The van der Waals surface area contributed by atoms with E-state index in [-0.39, 0.29) is 16.3 Å². The van der Waals surface area contributed by atoms with Crippen LogP contribution in [0.3, 0.4) is 0 Å². The molecule has 0 aromatic carbocycles. The van der Waals surface area contributed by atoms with E-state index in [2.05, 4.69) is 10.2 Å². The van der Waals surface area contributed by atoms with Gasteiger partial charge < -0.3 is 0 Å². The van der Waals surface area contributed by atoms with Crippen molar-refractivity contribution in [1.82, 2.24) is 10.2 Å². The number of nitrogens with one attached hydrogen (secondary N) is 1. The lowest BCUT2D eigenvalue weighted by Gasteiger charge is -1.94. The van der Waals surface area contributed by atoms with Gasteiger partial charge in [-0.05, 0) is 0 Å². The summed E-state index contributed by atoms with van der Waals surface area (Å²) < 4.78 is 22.5. The van der Waals surface area contributed by atoms with Gasteiger partial charge in [-0.1, -0.05) is 6.92 Å². The zero-order chi connectivity index (χ0) is 9.19. The summed E-state index contributed by atoms with van der Waals surface area (Å²) in [6.45, 7) is 1.52. The van der Waals surface area contributed by atoms with Crippen molar-refractivity contribution in [3.63, 3.8) is 0 Å². The second-order valence-electron chi connectivity index (χ2n) is 2.12. The molecule has 0 saturated carbocycles. The van der Waals surface area contributed by atoms with E-state index in [1.807, 2.05) is 0 Å². The summed E-state index contributed by atoms with van der Waals surface area (Å²) in [4.78, 5) is -0.0208. The summed E-state index contributed by atoms with van der Waals surface area (Å²) in [5.41, 5.74) is -0.00292. The molecule has 0 radical (unpaired) electrons. The van der Waals surface area contributed by atoms with Crippen LogP contribution in [-0.2, 0) is 9.84 Å². The second-order valence-corrected chi connectivity index (χ2v) is 4.37. The van der Waals surface area contributed by atoms with Gasteiger partial charge in [0.05, 0.1) is 11.9 Å². The molecule has 0 bridgehead atoms.